The second kappa shape index (κ2) is 7.24. The summed E-state index contributed by atoms with van der Waals surface area (Å²) in [6.45, 7) is 9.54. The summed E-state index contributed by atoms with van der Waals surface area (Å²) in [7, 11) is 1.29. The van der Waals surface area contributed by atoms with Crippen LogP contribution < -0.4 is 5.32 Å². The first kappa shape index (κ1) is 17.9. The van der Waals surface area contributed by atoms with E-state index in [9.17, 15) is 9.59 Å². The Morgan fingerprint density at radius 2 is 1.95 bits per heavy atom. The zero-order valence-electron chi connectivity index (χ0n) is 14.0. The SMILES string of the molecule is COC(=O)c1nnn(C(C)C)c1CCNC(=O)OC(C)(C)C. The van der Waals surface area contributed by atoms with Crippen molar-refractivity contribution in [3.05, 3.63) is 11.4 Å². The van der Waals surface area contributed by atoms with Crippen LogP contribution in [0, 0.1) is 0 Å². The average Bonchev–Trinajstić information content (AvgIpc) is 2.79. The molecule has 1 aromatic rings. The zero-order chi connectivity index (χ0) is 16.9. The van der Waals surface area contributed by atoms with Crippen molar-refractivity contribution >= 4 is 12.1 Å². The second-order valence-corrected chi connectivity index (χ2v) is 6.09. The predicted molar refractivity (Wildman–Crippen MR) is 79.7 cm³/mol. The highest BCUT2D eigenvalue weighted by molar-refractivity contribution is 5.88. The molecule has 1 heterocycles. The first-order valence-electron chi connectivity index (χ1n) is 7.15. The van der Waals surface area contributed by atoms with Gasteiger partial charge in [0.15, 0.2) is 5.69 Å². The highest BCUT2D eigenvalue weighted by Gasteiger charge is 2.22. The summed E-state index contributed by atoms with van der Waals surface area (Å²) >= 11 is 0. The summed E-state index contributed by atoms with van der Waals surface area (Å²) in [5.74, 6) is -0.542. The van der Waals surface area contributed by atoms with Gasteiger partial charge in [-0.15, -0.1) is 5.10 Å². The molecule has 0 saturated carbocycles. The van der Waals surface area contributed by atoms with Gasteiger partial charge in [-0.25, -0.2) is 14.3 Å². The number of ether oxygens (including phenoxy) is 2. The van der Waals surface area contributed by atoms with Crippen molar-refractivity contribution in [3.8, 4) is 0 Å². The molecule has 0 aliphatic heterocycles. The molecule has 0 radical (unpaired) electrons. The predicted octanol–water partition coefficient (Wildman–Crippen LogP) is 1.71. The first-order valence-corrected chi connectivity index (χ1v) is 7.15. The summed E-state index contributed by atoms with van der Waals surface area (Å²) in [6, 6.07) is 0.0439. The molecule has 0 bridgehead atoms. The van der Waals surface area contributed by atoms with Gasteiger partial charge >= 0.3 is 12.1 Å². The molecule has 0 spiro atoms. The number of nitrogens with zero attached hydrogens (tertiary/aromatic N) is 3. The molecule has 0 saturated heterocycles. The van der Waals surface area contributed by atoms with E-state index in [0.29, 0.717) is 18.7 Å². The molecule has 124 valence electrons. The minimum Gasteiger partial charge on any atom is -0.464 e. The summed E-state index contributed by atoms with van der Waals surface area (Å²) in [5.41, 5.74) is 0.239. The normalized spacial score (nSPS) is 11.4. The molecule has 0 aliphatic rings. The molecular formula is C14H24N4O4. The second-order valence-electron chi connectivity index (χ2n) is 6.09. The number of alkyl carbamates (subject to hydrolysis) is 1. The van der Waals surface area contributed by atoms with Crippen molar-refractivity contribution in [2.24, 2.45) is 0 Å². The Bertz CT molecular complexity index is 531. The molecule has 22 heavy (non-hydrogen) atoms. The minimum absolute atomic E-state index is 0.0439. The lowest BCUT2D eigenvalue weighted by atomic mass is 10.2. The van der Waals surface area contributed by atoms with E-state index in [1.54, 1.807) is 25.5 Å². The molecule has 8 heteroatoms. The van der Waals surface area contributed by atoms with Crippen molar-refractivity contribution in [1.29, 1.82) is 0 Å². The van der Waals surface area contributed by atoms with E-state index in [2.05, 4.69) is 15.6 Å². The van der Waals surface area contributed by atoms with Crippen LogP contribution in [0.15, 0.2) is 0 Å². The molecule has 0 atom stereocenters. The van der Waals surface area contributed by atoms with Crippen molar-refractivity contribution < 1.29 is 19.1 Å². The van der Waals surface area contributed by atoms with E-state index < -0.39 is 17.7 Å². The fraction of sp³-hybridized carbons (Fsp3) is 0.714. The number of esters is 1. The van der Waals surface area contributed by atoms with Crippen LogP contribution in [0.25, 0.3) is 0 Å². The number of hydrogen-bond donors (Lipinski definition) is 1. The van der Waals surface area contributed by atoms with E-state index >= 15 is 0 Å². The van der Waals surface area contributed by atoms with Crippen molar-refractivity contribution in [3.63, 3.8) is 0 Å². The van der Waals surface area contributed by atoms with Crippen LogP contribution in [0.3, 0.4) is 0 Å². The van der Waals surface area contributed by atoms with Gasteiger partial charge in [-0.1, -0.05) is 5.21 Å². The molecular weight excluding hydrogens is 288 g/mol. The maximum Gasteiger partial charge on any atom is 0.407 e. The molecule has 0 unspecified atom stereocenters. The van der Waals surface area contributed by atoms with E-state index in [1.165, 1.54) is 7.11 Å². The molecule has 0 aliphatic carbocycles. The van der Waals surface area contributed by atoms with Gasteiger partial charge in [0.25, 0.3) is 0 Å². The largest absolute Gasteiger partial charge is 0.464 e. The Balaban J connectivity index is 2.74. The molecule has 0 aromatic carbocycles. The van der Waals surface area contributed by atoms with Crippen LogP contribution in [0.4, 0.5) is 4.79 Å². The number of carbonyl (C=O) groups is 2. The maximum atomic E-state index is 11.7. The van der Waals surface area contributed by atoms with E-state index in [4.69, 9.17) is 9.47 Å². The molecule has 1 N–H and O–H groups in total. The quantitative estimate of drug-likeness (QED) is 0.832. The minimum atomic E-state index is -0.553. The highest BCUT2D eigenvalue weighted by Crippen LogP contribution is 2.13. The van der Waals surface area contributed by atoms with Crippen molar-refractivity contribution in [2.75, 3.05) is 13.7 Å². The number of carbonyl (C=O) groups excluding carboxylic acids is 2. The highest BCUT2D eigenvalue weighted by atomic mass is 16.6. The fourth-order valence-electron chi connectivity index (χ4n) is 1.81. The van der Waals surface area contributed by atoms with Gasteiger partial charge in [0.2, 0.25) is 0 Å². The van der Waals surface area contributed by atoms with Gasteiger partial charge in [0, 0.05) is 19.0 Å². The van der Waals surface area contributed by atoms with Crippen LogP contribution in [-0.2, 0) is 15.9 Å². The topological polar surface area (TPSA) is 95.3 Å². The van der Waals surface area contributed by atoms with E-state index in [1.807, 2.05) is 13.8 Å². The molecule has 1 rings (SSSR count). The van der Waals surface area contributed by atoms with E-state index in [0.717, 1.165) is 0 Å². The molecule has 1 amide bonds. The lowest BCUT2D eigenvalue weighted by Gasteiger charge is -2.19. The number of amides is 1. The van der Waals surface area contributed by atoms with E-state index in [-0.39, 0.29) is 11.7 Å². The Labute approximate surface area is 130 Å². The number of methoxy groups -OCH3 is 1. The summed E-state index contributed by atoms with van der Waals surface area (Å²) in [5, 5.41) is 10.5. The van der Waals surface area contributed by atoms with Crippen molar-refractivity contribution in [1.82, 2.24) is 20.3 Å². The third-order valence-electron chi connectivity index (χ3n) is 2.69. The fourth-order valence-corrected chi connectivity index (χ4v) is 1.81. The summed E-state index contributed by atoms with van der Waals surface area (Å²) < 4.78 is 11.5. The number of aromatic nitrogens is 3. The lowest BCUT2D eigenvalue weighted by molar-refractivity contribution is 0.0528. The first-order chi connectivity index (χ1) is 10.2. The maximum absolute atomic E-state index is 11.7. The zero-order valence-corrected chi connectivity index (χ0v) is 14.0. The lowest BCUT2D eigenvalue weighted by Crippen LogP contribution is -2.34. The van der Waals surface area contributed by atoms with Gasteiger partial charge in [0.05, 0.1) is 12.8 Å². The van der Waals surface area contributed by atoms with Crippen LogP contribution in [0.1, 0.15) is 56.8 Å². The Kier molecular flexibility index (Phi) is 5.90. The standard InChI is InChI=1S/C14H24N4O4/c1-9(2)18-10(11(16-17-18)12(19)21-6)7-8-15-13(20)22-14(3,4)5/h9H,7-8H2,1-6H3,(H,15,20). The van der Waals surface area contributed by atoms with Gasteiger partial charge in [-0.3, -0.25) is 0 Å². The Morgan fingerprint density at radius 3 is 2.45 bits per heavy atom. The van der Waals surface area contributed by atoms with Crippen LogP contribution >= 0.6 is 0 Å². The monoisotopic (exact) mass is 312 g/mol. The smallest absolute Gasteiger partial charge is 0.407 e. The molecule has 8 nitrogen and oxygen atoms in total. The number of nitrogens with one attached hydrogen (secondary N) is 1. The Hall–Kier alpha value is -2.12. The third-order valence-corrected chi connectivity index (χ3v) is 2.69. The summed E-state index contributed by atoms with van der Waals surface area (Å²) in [4.78, 5) is 23.3. The van der Waals surface area contributed by atoms with Crippen LogP contribution in [-0.4, -0.2) is 46.3 Å². The van der Waals surface area contributed by atoms with Gasteiger partial charge in [-0.2, -0.15) is 0 Å². The van der Waals surface area contributed by atoms with Gasteiger partial charge in [0.1, 0.15) is 5.60 Å². The molecule has 1 aromatic heterocycles. The van der Waals surface area contributed by atoms with Gasteiger partial charge in [-0.05, 0) is 34.6 Å². The Morgan fingerprint density at radius 1 is 1.32 bits per heavy atom. The molecule has 0 fully saturated rings. The average molecular weight is 312 g/mol. The third kappa shape index (κ3) is 5.01. The van der Waals surface area contributed by atoms with Crippen LogP contribution in [0.2, 0.25) is 0 Å². The number of rotatable bonds is 5. The number of hydrogen-bond acceptors (Lipinski definition) is 6. The van der Waals surface area contributed by atoms with Crippen LogP contribution in [0.5, 0.6) is 0 Å². The van der Waals surface area contributed by atoms with Gasteiger partial charge < -0.3 is 14.8 Å². The summed E-state index contributed by atoms with van der Waals surface area (Å²) in [6.07, 6.45) is -0.106. The van der Waals surface area contributed by atoms with Crippen molar-refractivity contribution in [2.45, 2.75) is 52.7 Å².